The van der Waals surface area contributed by atoms with Gasteiger partial charge in [-0.25, -0.2) is 0 Å². The van der Waals surface area contributed by atoms with Gasteiger partial charge in [0.15, 0.2) is 11.0 Å². The van der Waals surface area contributed by atoms with Crippen LogP contribution in [0.4, 0.5) is 17.1 Å². The molecule has 0 radical (unpaired) electrons. The standard InChI is InChI=1S/C25H24N6O3S/c1-17-7-6-8-20(15-17)26-16-23-28-29-25(30(23)21-9-4-3-5-10-21)35-18(2)24(32)27-19-11-13-22(14-12-19)31(33)34/h3-15,18,26H,16H2,1-2H3,(H,27,32). The van der Waals surface area contributed by atoms with Gasteiger partial charge in [-0.1, -0.05) is 42.1 Å². The number of aromatic nitrogens is 3. The van der Waals surface area contributed by atoms with Gasteiger partial charge >= 0.3 is 0 Å². The van der Waals surface area contributed by atoms with E-state index < -0.39 is 10.2 Å². The first-order valence-corrected chi connectivity index (χ1v) is 11.8. The zero-order valence-electron chi connectivity index (χ0n) is 19.2. The molecule has 1 heterocycles. The van der Waals surface area contributed by atoms with Crippen molar-refractivity contribution in [2.75, 3.05) is 10.6 Å². The molecule has 0 bridgehead atoms. The Morgan fingerprint density at radius 3 is 2.46 bits per heavy atom. The van der Waals surface area contributed by atoms with E-state index in [1.165, 1.54) is 36.0 Å². The molecule has 0 saturated heterocycles. The lowest BCUT2D eigenvalue weighted by Crippen LogP contribution is -2.23. The maximum absolute atomic E-state index is 12.8. The smallest absolute Gasteiger partial charge is 0.269 e. The van der Waals surface area contributed by atoms with Crippen molar-refractivity contribution < 1.29 is 9.72 Å². The van der Waals surface area contributed by atoms with Gasteiger partial charge in [0.1, 0.15) is 0 Å². The van der Waals surface area contributed by atoms with Crippen molar-refractivity contribution in [2.45, 2.75) is 30.8 Å². The zero-order valence-corrected chi connectivity index (χ0v) is 20.0. The van der Waals surface area contributed by atoms with Gasteiger partial charge in [-0.3, -0.25) is 19.5 Å². The lowest BCUT2D eigenvalue weighted by atomic mass is 10.2. The minimum Gasteiger partial charge on any atom is -0.378 e. The summed E-state index contributed by atoms with van der Waals surface area (Å²) in [6, 6.07) is 23.5. The topological polar surface area (TPSA) is 115 Å². The van der Waals surface area contributed by atoms with Gasteiger partial charge in [-0.05, 0) is 55.8 Å². The summed E-state index contributed by atoms with van der Waals surface area (Å²) < 4.78 is 1.93. The van der Waals surface area contributed by atoms with Gasteiger partial charge < -0.3 is 10.6 Å². The first-order chi connectivity index (χ1) is 16.9. The molecule has 1 amide bonds. The highest BCUT2D eigenvalue weighted by Crippen LogP contribution is 2.27. The molecule has 0 saturated carbocycles. The van der Waals surface area contributed by atoms with Crippen molar-refractivity contribution in [3.8, 4) is 5.69 Å². The molecular formula is C25H24N6O3S. The van der Waals surface area contributed by atoms with E-state index in [1.54, 1.807) is 6.92 Å². The Hall–Kier alpha value is -4.18. The van der Waals surface area contributed by atoms with Gasteiger partial charge in [-0.15, -0.1) is 10.2 Å². The molecule has 0 aliphatic carbocycles. The minimum atomic E-state index is -0.491. The highest BCUT2D eigenvalue weighted by atomic mass is 32.2. The molecule has 178 valence electrons. The molecule has 1 aromatic heterocycles. The van der Waals surface area contributed by atoms with Crippen molar-refractivity contribution >= 4 is 34.7 Å². The number of nitro benzene ring substituents is 1. The van der Waals surface area contributed by atoms with Crippen LogP contribution in [0.3, 0.4) is 0 Å². The van der Waals surface area contributed by atoms with Gasteiger partial charge in [0.25, 0.3) is 5.69 Å². The van der Waals surface area contributed by atoms with Crippen molar-refractivity contribution in [2.24, 2.45) is 0 Å². The molecule has 4 rings (SSSR count). The lowest BCUT2D eigenvalue weighted by molar-refractivity contribution is -0.384. The molecule has 0 aliphatic rings. The monoisotopic (exact) mass is 488 g/mol. The summed E-state index contributed by atoms with van der Waals surface area (Å²) in [5.41, 5.74) is 3.49. The zero-order chi connectivity index (χ0) is 24.8. The average Bonchev–Trinajstić information content (AvgIpc) is 3.26. The number of rotatable bonds is 9. The third-order valence-electron chi connectivity index (χ3n) is 5.18. The average molecular weight is 489 g/mol. The number of carbonyl (C=O) groups excluding carboxylic acids is 1. The van der Waals surface area contributed by atoms with E-state index >= 15 is 0 Å². The first kappa shape index (κ1) is 24.0. The number of thioether (sulfide) groups is 1. The Bertz CT molecular complexity index is 1320. The summed E-state index contributed by atoms with van der Waals surface area (Å²) in [7, 11) is 0. The van der Waals surface area contributed by atoms with Crippen LogP contribution in [0.1, 0.15) is 18.3 Å². The number of anilines is 2. The highest BCUT2D eigenvalue weighted by Gasteiger charge is 2.21. The Labute approximate surface area is 206 Å². The molecule has 0 fully saturated rings. The number of hydrogen-bond donors (Lipinski definition) is 2. The molecule has 1 atom stereocenters. The van der Waals surface area contributed by atoms with Crippen LogP contribution < -0.4 is 10.6 Å². The van der Waals surface area contributed by atoms with E-state index in [4.69, 9.17) is 0 Å². The Balaban J connectivity index is 1.51. The number of nitrogens with zero attached hydrogens (tertiary/aromatic N) is 4. The fourth-order valence-corrected chi connectivity index (χ4v) is 4.27. The summed E-state index contributed by atoms with van der Waals surface area (Å²) in [6.07, 6.45) is 0. The van der Waals surface area contributed by atoms with Crippen LogP contribution in [0, 0.1) is 17.0 Å². The Kier molecular flexibility index (Phi) is 7.41. The lowest BCUT2D eigenvalue weighted by Gasteiger charge is -2.14. The van der Waals surface area contributed by atoms with Crippen LogP contribution in [0.25, 0.3) is 5.69 Å². The van der Waals surface area contributed by atoms with Crippen molar-refractivity contribution in [1.29, 1.82) is 0 Å². The van der Waals surface area contributed by atoms with Crippen LogP contribution in [-0.4, -0.2) is 30.8 Å². The molecule has 1 unspecified atom stereocenters. The second kappa shape index (κ2) is 10.8. The van der Waals surface area contributed by atoms with E-state index in [0.717, 1.165) is 16.9 Å². The van der Waals surface area contributed by atoms with Gasteiger partial charge in [0.2, 0.25) is 5.91 Å². The van der Waals surface area contributed by atoms with Gasteiger partial charge in [0.05, 0.1) is 16.7 Å². The van der Waals surface area contributed by atoms with E-state index in [2.05, 4.69) is 26.9 Å². The van der Waals surface area contributed by atoms with Crippen LogP contribution in [-0.2, 0) is 11.3 Å². The molecule has 2 N–H and O–H groups in total. The maximum Gasteiger partial charge on any atom is 0.269 e. The molecule has 4 aromatic rings. The number of aryl methyl sites for hydroxylation is 1. The van der Waals surface area contributed by atoms with E-state index in [1.807, 2.05) is 60.0 Å². The number of carbonyl (C=O) groups is 1. The SMILES string of the molecule is Cc1cccc(NCc2nnc(SC(C)C(=O)Nc3ccc([N+](=O)[O-])cc3)n2-c2ccccc2)c1. The van der Waals surface area contributed by atoms with E-state index in [-0.39, 0.29) is 11.6 Å². The van der Waals surface area contributed by atoms with Crippen LogP contribution >= 0.6 is 11.8 Å². The summed E-state index contributed by atoms with van der Waals surface area (Å²) in [4.78, 5) is 23.2. The van der Waals surface area contributed by atoms with Gasteiger partial charge in [-0.2, -0.15) is 0 Å². The third kappa shape index (κ3) is 6.04. The largest absolute Gasteiger partial charge is 0.378 e. The molecule has 10 heteroatoms. The van der Waals surface area contributed by atoms with Crippen molar-refractivity contribution in [3.63, 3.8) is 0 Å². The highest BCUT2D eigenvalue weighted by molar-refractivity contribution is 8.00. The molecule has 0 aliphatic heterocycles. The van der Waals surface area contributed by atoms with Crippen molar-refractivity contribution in [1.82, 2.24) is 14.8 Å². The molecular weight excluding hydrogens is 464 g/mol. The number of hydrogen-bond acceptors (Lipinski definition) is 7. The maximum atomic E-state index is 12.8. The number of nitrogens with one attached hydrogen (secondary N) is 2. The molecule has 0 spiro atoms. The summed E-state index contributed by atoms with van der Waals surface area (Å²) in [5.74, 6) is 0.467. The molecule has 3 aromatic carbocycles. The van der Waals surface area contributed by atoms with E-state index in [0.29, 0.717) is 23.2 Å². The van der Waals surface area contributed by atoms with Crippen LogP contribution in [0.15, 0.2) is 84.0 Å². The van der Waals surface area contributed by atoms with E-state index in [9.17, 15) is 14.9 Å². The summed E-state index contributed by atoms with van der Waals surface area (Å²) >= 11 is 1.29. The number of para-hydroxylation sites is 1. The third-order valence-corrected chi connectivity index (χ3v) is 6.22. The van der Waals surface area contributed by atoms with Crippen molar-refractivity contribution in [3.05, 3.63) is 100 Å². The second-order valence-corrected chi connectivity index (χ2v) is 9.15. The molecule has 9 nitrogen and oxygen atoms in total. The normalized spacial score (nSPS) is 11.6. The fourth-order valence-electron chi connectivity index (χ4n) is 3.39. The number of non-ortho nitro benzene ring substituents is 1. The quantitative estimate of drug-likeness (QED) is 0.189. The summed E-state index contributed by atoms with van der Waals surface area (Å²) in [6.45, 7) is 4.27. The summed E-state index contributed by atoms with van der Waals surface area (Å²) in [5, 5.41) is 25.9. The predicted molar refractivity (Wildman–Crippen MR) is 137 cm³/mol. The number of benzene rings is 3. The fraction of sp³-hybridized carbons (Fsp3) is 0.160. The Morgan fingerprint density at radius 2 is 1.77 bits per heavy atom. The number of amides is 1. The van der Waals surface area contributed by atoms with Gasteiger partial charge in [0, 0.05) is 29.2 Å². The second-order valence-electron chi connectivity index (χ2n) is 7.85. The number of nitro groups is 1. The molecule has 35 heavy (non-hydrogen) atoms. The minimum absolute atomic E-state index is 0.0341. The predicted octanol–water partition coefficient (Wildman–Crippen LogP) is 5.22. The van der Waals surface area contributed by atoms with Crippen LogP contribution in [0.2, 0.25) is 0 Å². The Morgan fingerprint density at radius 1 is 1.03 bits per heavy atom. The van der Waals surface area contributed by atoms with Crippen LogP contribution in [0.5, 0.6) is 0 Å². The first-order valence-electron chi connectivity index (χ1n) is 10.9.